The summed E-state index contributed by atoms with van der Waals surface area (Å²) in [5.41, 5.74) is 1.24. The highest BCUT2D eigenvalue weighted by atomic mass is 35.5. The molecular formula is C16H29ClN4. The Morgan fingerprint density at radius 2 is 2.10 bits per heavy atom. The summed E-state index contributed by atoms with van der Waals surface area (Å²) >= 11 is 6.49. The Morgan fingerprint density at radius 3 is 2.81 bits per heavy atom. The molecule has 5 heteroatoms. The van der Waals surface area contributed by atoms with Gasteiger partial charge >= 0.3 is 0 Å². The lowest BCUT2D eigenvalue weighted by atomic mass is 9.91. The van der Waals surface area contributed by atoms with Crippen molar-refractivity contribution < 1.29 is 0 Å². The third-order valence-corrected chi connectivity index (χ3v) is 4.72. The van der Waals surface area contributed by atoms with Crippen molar-refractivity contribution in [1.29, 1.82) is 0 Å². The largest absolute Gasteiger partial charge is 0.314 e. The molecule has 1 aromatic rings. The molecule has 0 saturated heterocycles. The maximum absolute atomic E-state index is 6.49. The van der Waals surface area contributed by atoms with Crippen molar-refractivity contribution in [2.24, 2.45) is 0 Å². The van der Waals surface area contributed by atoms with Gasteiger partial charge in [-0.25, -0.2) is 0 Å². The van der Waals surface area contributed by atoms with Crippen LogP contribution >= 0.6 is 11.6 Å². The topological polar surface area (TPSA) is 33.1 Å². The van der Waals surface area contributed by atoms with Gasteiger partial charge in [0, 0.05) is 18.5 Å². The molecule has 0 bridgehead atoms. The van der Waals surface area contributed by atoms with Gasteiger partial charge in [0.05, 0.1) is 23.5 Å². The van der Waals surface area contributed by atoms with Crippen LogP contribution in [0.15, 0.2) is 6.20 Å². The molecule has 1 N–H and O–H groups in total. The van der Waals surface area contributed by atoms with E-state index in [-0.39, 0.29) is 0 Å². The second-order valence-electron chi connectivity index (χ2n) is 6.31. The quantitative estimate of drug-likeness (QED) is 0.819. The van der Waals surface area contributed by atoms with Crippen LogP contribution in [0.5, 0.6) is 0 Å². The molecular weight excluding hydrogens is 284 g/mol. The summed E-state index contributed by atoms with van der Waals surface area (Å²) in [5, 5.41) is 9.03. The molecule has 2 rings (SSSR count). The molecule has 0 radical (unpaired) electrons. The minimum Gasteiger partial charge on any atom is -0.314 e. The van der Waals surface area contributed by atoms with E-state index < -0.39 is 0 Å². The summed E-state index contributed by atoms with van der Waals surface area (Å²) < 4.78 is 2.13. The first kappa shape index (κ1) is 16.8. The third kappa shape index (κ3) is 4.44. The Labute approximate surface area is 133 Å². The SMILES string of the molecule is CCNC1CCCCCC1c1c(Cl)cnn1CCN(C)C. The monoisotopic (exact) mass is 312 g/mol. The molecule has 120 valence electrons. The third-order valence-electron chi connectivity index (χ3n) is 4.43. The first-order chi connectivity index (χ1) is 10.1. The van der Waals surface area contributed by atoms with Crippen LogP contribution in [0.1, 0.15) is 50.6 Å². The van der Waals surface area contributed by atoms with E-state index in [9.17, 15) is 0 Å². The van der Waals surface area contributed by atoms with E-state index in [1.54, 1.807) is 0 Å². The van der Waals surface area contributed by atoms with Crippen LogP contribution in [0.25, 0.3) is 0 Å². The van der Waals surface area contributed by atoms with E-state index in [4.69, 9.17) is 11.6 Å². The summed E-state index contributed by atoms with van der Waals surface area (Å²) in [5.74, 6) is 0.490. The van der Waals surface area contributed by atoms with E-state index in [2.05, 4.69) is 41.0 Å². The fourth-order valence-electron chi connectivity index (χ4n) is 3.35. The van der Waals surface area contributed by atoms with Crippen LogP contribution in [0, 0.1) is 0 Å². The number of nitrogens with one attached hydrogen (secondary N) is 1. The molecule has 0 aliphatic heterocycles. The van der Waals surface area contributed by atoms with Crippen LogP contribution < -0.4 is 5.32 Å². The predicted octanol–water partition coefficient (Wildman–Crippen LogP) is 3.12. The van der Waals surface area contributed by atoms with Crippen molar-refractivity contribution in [2.45, 2.75) is 57.5 Å². The molecule has 0 spiro atoms. The number of hydrogen-bond acceptors (Lipinski definition) is 3. The molecule has 1 aromatic heterocycles. The van der Waals surface area contributed by atoms with Crippen molar-refractivity contribution in [3.63, 3.8) is 0 Å². The Kier molecular flexibility index (Phi) is 6.52. The number of hydrogen-bond donors (Lipinski definition) is 1. The lowest BCUT2D eigenvalue weighted by Gasteiger charge is -2.27. The van der Waals surface area contributed by atoms with Gasteiger partial charge in [-0.05, 0) is 33.5 Å². The average Bonchev–Trinajstić information content (AvgIpc) is 2.66. The number of aromatic nitrogens is 2. The summed E-state index contributed by atoms with van der Waals surface area (Å²) in [7, 11) is 4.19. The average molecular weight is 313 g/mol. The maximum Gasteiger partial charge on any atom is 0.0821 e. The molecule has 1 fully saturated rings. The highest BCUT2D eigenvalue weighted by molar-refractivity contribution is 6.31. The minimum absolute atomic E-state index is 0.490. The molecule has 1 aliphatic carbocycles. The molecule has 2 unspecified atom stereocenters. The molecule has 1 heterocycles. The summed E-state index contributed by atoms with van der Waals surface area (Å²) in [6.45, 7) is 5.10. The van der Waals surface area contributed by atoms with Crippen LogP contribution in [-0.2, 0) is 6.54 Å². The van der Waals surface area contributed by atoms with E-state index in [1.165, 1.54) is 37.8 Å². The van der Waals surface area contributed by atoms with Crippen LogP contribution in [-0.4, -0.2) is 47.9 Å². The van der Waals surface area contributed by atoms with Crippen molar-refractivity contribution >= 4 is 11.6 Å². The standard InChI is InChI=1S/C16H29ClN4/c1-4-18-15-9-7-5-6-8-13(15)16-14(17)12-19-21(16)11-10-20(2)3/h12-13,15,18H,4-11H2,1-3H3. The summed E-state index contributed by atoms with van der Waals surface area (Å²) in [4.78, 5) is 2.19. The second-order valence-corrected chi connectivity index (χ2v) is 6.72. The second kappa shape index (κ2) is 8.16. The van der Waals surface area contributed by atoms with Gasteiger partial charge in [0.25, 0.3) is 0 Å². The Morgan fingerprint density at radius 1 is 1.33 bits per heavy atom. The lowest BCUT2D eigenvalue weighted by Crippen LogP contribution is -2.35. The zero-order valence-corrected chi connectivity index (χ0v) is 14.4. The van der Waals surface area contributed by atoms with Gasteiger partial charge in [-0.3, -0.25) is 4.68 Å². The molecule has 1 saturated carbocycles. The fourth-order valence-corrected chi connectivity index (χ4v) is 3.64. The highest BCUT2D eigenvalue weighted by Gasteiger charge is 2.29. The van der Waals surface area contributed by atoms with Crippen LogP contribution in [0.4, 0.5) is 0 Å². The van der Waals surface area contributed by atoms with Crippen LogP contribution in [0.3, 0.4) is 0 Å². The highest BCUT2D eigenvalue weighted by Crippen LogP contribution is 2.35. The van der Waals surface area contributed by atoms with Crippen molar-refractivity contribution in [1.82, 2.24) is 20.0 Å². The van der Waals surface area contributed by atoms with Gasteiger partial charge in [-0.1, -0.05) is 37.8 Å². The molecule has 0 amide bonds. The zero-order valence-electron chi connectivity index (χ0n) is 13.6. The molecule has 4 nitrogen and oxygen atoms in total. The number of rotatable bonds is 6. The van der Waals surface area contributed by atoms with E-state index in [0.29, 0.717) is 12.0 Å². The smallest absolute Gasteiger partial charge is 0.0821 e. The van der Waals surface area contributed by atoms with Gasteiger partial charge in [0.1, 0.15) is 0 Å². The van der Waals surface area contributed by atoms with Crippen molar-refractivity contribution in [2.75, 3.05) is 27.2 Å². The van der Waals surface area contributed by atoms with E-state index >= 15 is 0 Å². The zero-order chi connectivity index (χ0) is 15.2. The summed E-state index contributed by atoms with van der Waals surface area (Å²) in [6.07, 6.45) is 8.22. The summed E-state index contributed by atoms with van der Waals surface area (Å²) in [6, 6.07) is 0.532. The molecule has 2 atom stereocenters. The Hall–Kier alpha value is -0.580. The molecule has 21 heavy (non-hydrogen) atoms. The van der Waals surface area contributed by atoms with Gasteiger partial charge < -0.3 is 10.2 Å². The van der Waals surface area contributed by atoms with Gasteiger partial charge in [0.2, 0.25) is 0 Å². The van der Waals surface area contributed by atoms with E-state index in [0.717, 1.165) is 24.7 Å². The Balaban J connectivity index is 2.21. The first-order valence-electron chi connectivity index (χ1n) is 8.22. The number of halogens is 1. The van der Waals surface area contributed by atoms with Gasteiger partial charge in [-0.15, -0.1) is 0 Å². The van der Waals surface area contributed by atoms with Crippen molar-refractivity contribution in [3.05, 3.63) is 16.9 Å². The predicted molar refractivity (Wildman–Crippen MR) is 89.1 cm³/mol. The molecule has 1 aliphatic rings. The van der Waals surface area contributed by atoms with Gasteiger partial charge in [-0.2, -0.15) is 5.10 Å². The van der Waals surface area contributed by atoms with Crippen LogP contribution in [0.2, 0.25) is 5.02 Å². The maximum atomic E-state index is 6.49. The Bertz CT molecular complexity index is 430. The lowest BCUT2D eigenvalue weighted by molar-refractivity contribution is 0.352. The normalized spacial score (nSPS) is 23.5. The number of likely N-dealkylation sites (N-methyl/N-ethyl adjacent to an activating group) is 2. The van der Waals surface area contributed by atoms with Crippen molar-refractivity contribution in [3.8, 4) is 0 Å². The van der Waals surface area contributed by atoms with Gasteiger partial charge in [0.15, 0.2) is 0 Å². The molecule has 0 aromatic carbocycles. The number of nitrogens with zero attached hydrogens (tertiary/aromatic N) is 3. The first-order valence-corrected chi connectivity index (χ1v) is 8.60. The van der Waals surface area contributed by atoms with E-state index in [1.807, 2.05) is 6.20 Å². The fraction of sp³-hybridized carbons (Fsp3) is 0.812. The minimum atomic E-state index is 0.490.